The van der Waals surface area contributed by atoms with E-state index < -0.39 is 0 Å². The Hall–Kier alpha value is -2.30. The lowest BCUT2D eigenvalue weighted by atomic mass is 10.1. The number of hydrogen-bond donors (Lipinski definition) is 1. The van der Waals surface area contributed by atoms with Gasteiger partial charge in [-0.3, -0.25) is 0 Å². The topological polar surface area (TPSA) is 30.9 Å². The summed E-state index contributed by atoms with van der Waals surface area (Å²) in [6, 6.07) is 14.4. The molecule has 2 heterocycles. The average molecular weight is 353 g/mol. The predicted octanol–water partition coefficient (Wildman–Crippen LogP) is 3.96. The quantitative estimate of drug-likeness (QED) is 0.830. The lowest BCUT2D eigenvalue weighted by Gasteiger charge is -2.31. The van der Waals surface area contributed by atoms with Gasteiger partial charge in [-0.1, -0.05) is 29.8 Å². The number of aliphatic imine (C=N–C) groups is 1. The summed E-state index contributed by atoms with van der Waals surface area (Å²) in [5.41, 5.74) is 4.26. The van der Waals surface area contributed by atoms with E-state index in [1.54, 1.807) is 0 Å². The summed E-state index contributed by atoms with van der Waals surface area (Å²) in [6.07, 6.45) is 1.92. The summed E-state index contributed by atoms with van der Waals surface area (Å²) in [4.78, 5) is 9.67. The van der Waals surface area contributed by atoms with Gasteiger partial charge in [0.2, 0.25) is 0 Å². The summed E-state index contributed by atoms with van der Waals surface area (Å²) in [5, 5.41) is 4.11. The highest BCUT2D eigenvalue weighted by atomic mass is 35.5. The Labute approximate surface area is 153 Å². The van der Waals surface area contributed by atoms with E-state index in [1.807, 2.05) is 24.3 Å². The molecule has 0 radical (unpaired) electrons. The van der Waals surface area contributed by atoms with E-state index in [-0.39, 0.29) is 0 Å². The highest BCUT2D eigenvalue weighted by molar-refractivity contribution is 6.31. The van der Waals surface area contributed by atoms with Crippen molar-refractivity contribution in [3.8, 4) is 0 Å². The van der Waals surface area contributed by atoms with Crippen LogP contribution in [0.5, 0.6) is 0 Å². The smallest absolute Gasteiger partial charge is 0.138 e. The zero-order chi connectivity index (χ0) is 17.2. The number of piperazine rings is 1. The second kappa shape index (κ2) is 6.90. The van der Waals surface area contributed by atoms with Crippen LogP contribution in [0.4, 0.5) is 17.1 Å². The first kappa shape index (κ1) is 16.2. The molecule has 1 fully saturated rings. The fourth-order valence-electron chi connectivity index (χ4n) is 3.46. The van der Waals surface area contributed by atoms with Crippen LogP contribution in [0.25, 0.3) is 0 Å². The minimum atomic E-state index is 0.701. The molecule has 1 saturated heterocycles. The van der Waals surface area contributed by atoms with Crippen molar-refractivity contribution >= 4 is 34.5 Å². The van der Waals surface area contributed by atoms with E-state index in [0.717, 1.165) is 61.2 Å². The van der Waals surface area contributed by atoms with E-state index in [4.69, 9.17) is 16.6 Å². The van der Waals surface area contributed by atoms with E-state index in [2.05, 4.69) is 46.0 Å². The van der Waals surface area contributed by atoms with Crippen LogP contribution in [0.1, 0.15) is 5.56 Å². The molecular formula is C20H21ClN4. The Morgan fingerprint density at radius 3 is 2.72 bits per heavy atom. The number of hydrogen-bond acceptors (Lipinski definition) is 4. The van der Waals surface area contributed by atoms with Crippen molar-refractivity contribution in [3.05, 3.63) is 65.7 Å². The highest BCUT2D eigenvalue weighted by Gasteiger charge is 2.26. The molecule has 0 bridgehead atoms. The number of nitrogens with zero attached hydrogens (tertiary/aromatic N) is 3. The molecule has 0 unspecified atom stereocenters. The number of anilines is 2. The van der Waals surface area contributed by atoms with Crippen molar-refractivity contribution in [2.24, 2.45) is 4.99 Å². The first-order chi connectivity index (χ1) is 12.3. The maximum Gasteiger partial charge on any atom is 0.138 e. The lowest BCUT2D eigenvalue weighted by molar-refractivity contribution is 0.358. The molecule has 2 aliphatic heterocycles. The molecule has 128 valence electrons. The molecule has 0 amide bonds. The first-order valence-corrected chi connectivity index (χ1v) is 8.97. The summed E-state index contributed by atoms with van der Waals surface area (Å²) in [7, 11) is 0. The number of amidine groups is 1. The van der Waals surface area contributed by atoms with Crippen molar-refractivity contribution in [2.75, 3.05) is 37.6 Å². The number of benzene rings is 2. The van der Waals surface area contributed by atoms with Crippen molar-refractivity contribution in [3.63, 3.8) is 0 Å². The largest absolute Gasteiger partial charge is 0.353 e. The Morgan fingerprint density at radius 2 is 1.92 bits per heavy atom. The summed E-state index contributed by atoms with van der Waals surface area (Å²) in [6.45, 7) is 8.49. The van der Waals surface area contributed by atoms with Gasteiger partial charge >= 0.3 is 0 Å². The molecule has 2 aliphatic rings. The minimum Gasteiger partial charge on any atom is -0.353 e. The monoisotopic (exact) mass is 352 g/mol. The van der Waals surface area contributed by atoms with Gasteiger partial charge in [0.25, 0.3) is 0 Å². The standard InChI is InChI=1S/C20H21ClN4/c1-2-11-25-18-6-4-3-5-16(18)20(24-12-9-22-10-13-24)23-17-14-15(21)7-8-19(17)25/h2-8,14,22H,1,9-13H2. The Balaban J connectivity index is 1.93. The molecule has 0 saturated carbocycles. The fourth-order valence-corrected chi connectivity index (χ4v) is 3.63. The van der Waals surface area contributed by atoms with Crippen molar-refractivity contribution < 1.29 is 0 Å². The third-order valence-electron chi connectivity index (χ3n) is 4.62. The molecule has 5 heteroatoms. The first-order valence-electron chi connectivity index (χ1n) is 8.59. The normalized spacial score (nSPS) is 16.6. The maximum atomic E-state index is 6.27. The molecule has 25 heavy (non-hydrogen) atoms. The van der Waals surface area contributed by atoms with E-state index in [0.29, 0.717) is 5.02 Å². The molecule has 2 aromatic rings. The van der Waals surface area contributed by atoms with Crippen LogP contribution in [0.15, 0.2) is 60.1 Å². The van der Waals surface area contributed by atoms with Crippen molar-refractivity contribution in [2.45, 2.75) is 0 Å². The number of para-hydroxylation sites is 1. The molecule has 1 N–H and O–H groups in total. The summed E-state index contributed by atoms with van der Waals surface area (Å²) < 4.78 is 0. The Morgan fingerprint density at radius 1 is 1.12 bits per heavy atom. The Kier molecular flexibility index (Phi) is 4.47. The number of nitrogens with one attached hydrogen (secondary N) is 1. The summed E-state index contributed by atoms with van der Waals surface area (Å²) in [5.74, 6) is 1.02. The van der Waals surface area contributed by atoms with Gasteiger partial charge in [-0.05, 0) is 30.3 Å². The number of rotatable bonds is 2. The molecule has 0 aliphatic carbocycles. The average Bonchev–Trinajstić information content (AvgIpc) is 2.78. The highest BCUT2D eigenvalue weighted by Crippen LogP contribution is 2.41. The second-order valence-corrected chi connectivity index (χ2v) is 6.66. The number of halogens is 1. The van der Waals surface area contributed by atoms with Gasteiger partial charge in [-0.25, -0.2) is 4.99 Å². The second-order valence-electron chi connectivity index (χ2n) is 6.22. The van der Waals surface area contributed by atoms with E-state index in [9.17, 15) is 0 Å². The van der Waals surface area contributed by atoms with Gasteiger partial charge < -0.3 is 15.1 Å². The maximum absolute atomic E-state index is 6.27. The zero-order valence-corrected chi connectivity index (χ0v) is 14.8. The van der Waals surface area contributed by atoms with Gasteiger partial charge in [0, 0.05) is 43.3 Å². The SMILES string of the molecule is C=CCN1c2ccc(Cl)cc2N=C(N2CCNCC2)c2ccccc21. The van der Waals surface area contributed by atoms with Crippen molar-refractivity contribution in [1.29, 1.82) is 0 Å². The zero-order valence-electron chi connectivity index (χ0n) is 14.1. The van der Waals surface area contributed by atoms with E-state index >= 15 is 0 Å². The lowest BCUT2D eigenvalue weighted by Crippen LogP contribution is -2.46. The van der Waals surface area contributed by atoms with Crippen LogP contribution < -0.4 is 10.2 Å². The molecule has 4 nitrogen and oxygen atoms in total. The molecule has 0 aromatic heterocycles. The van der Waals surface area contributed by atoms with Crippen LogP contribution >= 0.6 is 11.6 Å². The third kappa shape index (κ3) is 3.03. The van der Waals surface area contributed by atoms with Gasteiger partial charge in [0.1, 0.15) is 5.84 Å². The molecule has 0 atom stereocenters. The minimum absolute atomic E-state index is 0.701. The molecule has 2 aromatic carbocycles. The van der Waals surface area contributed by atoms with Gasteiger partial charge in [0.05, 0.1) is 17.1 Å². The van der Waals surface area contributed by atoms with Crippen LogP contribution in [0.3, 0.4) is 0 Å². The van der Waals surface area contributed by atoms with E-state index in [1.165, 1.54) is 0 Å². The third-order valence-corrected chi connectivity index (χ3v) is 4.85. The summed E-state index contributed by atoms with van der Waals surface area (Å²) >= 11 is 6.27. The van der Waals surface area contributed by atoms with Crippen LogP contribution in [0, 0.1) is 0 Å². The van der Waals surface area contributed by atoms with Gasteiger partial charge in [-0.2, -0.15) is 0 Å². The Bertz CT molecular complexity index is 824. The molecular weight excluding hydrogens is 332 g/mol. The van der Waals surface area contributed by atoms with Crippen LogP contribution in [-0.4, -0.2) is 43.5 Å². The van der Waals surface area contributed by atoms with Gasteiger partial charge in [0.15, 0.2) is 0 Å². The molecule has 0 spiro atoms. The van der Waals surface area contributed by atoms with Crippen LogP contribution in [-0.2, 0) is 0 Å². The van der Waals surface area contributed by atoms with Gasteiger partial charge in [-0.15, -0.1) is 6.58 Å². The van der Waals surface area contributed by atoms with Crippen LogP contribution in [0.2, 0.25) is 5.02 Å². The predicted molar refractivity (Wildman–Crippen MR) is 106 cm³/mol. The number of fused-ring (bicyclic) bond motifs is 2. The fraction of sp³-hybridized carbons (Fsp3) is 0.250. The molecule has 4 rings (SSSR count). The van der Waals surface area contributed by atoms with Crippen molar-refractivity contribution in [1.82, 2.24) is 10.2 Å².